The Hall–Kier alpha value is -3.09. The molecule has 0 aliphatic rings. The minimum Gasteiger partial charge on any atom is -0.497 e. The van der Waals surface area contributed by atoms with Gasteiger partial charge in [0.05, 0.1) is 21.9 Å². The molecule has 184 valence electrons. The molecule has 0 atom stereocenters. The van der Waals surface area contributed by atoms with E-state index in [2.05, 4.69) is 29.9 Å². The Morgan fingerprint density at radius 3 is 2.44 bits per heavy atom. The van der Waals surface area contributed by atoms with Gasteiger partial charge in [-0.2, -0.15) is 0 Å². The van der Waals surface area contributed by atoms with Gasteiger partial charge >= 0.3 is 0 Å². The first-order chi connectivity index (χ1) is 16.3. The fourth-order valence-electron chi connectivity index (χ4n) is 2.36. The van der Waals surface area contributed by atoms with Crippen molar-refractivity contribution in [3.63, 3.8) is 0 Å². The number of carbonyl (C=O) groups excluding carboxylic acids is 1. The second-order valence-corrected chi connectivity index (χ2v) is 8.68. The van der Waals surface area contributed by atoms with Crippen LogP contribution in [0.25, 0.3) is 10.6 Å². The van der Waals surface area contributed by atoms with Crippen LogP contribution in [0.3, 0.4) is 0 Å². The van der Waals surface area contributed by atoms with Crippen LogP contribution in [0.15, 0.2) is 76.9 Å². The number of nitrogens with zero attached hydrogens (tertiary/aromatic N) is 2. The molecule has 0 radical (unpaired) electrons. The number of rotatable bonds is 7. The number of pyridine rings is 1. The molecule has 0 spiro atoms. The van der Waals surface area contributed by atoms with Gasteiger partial charge in [0.15, 0.2) is 0 Å². The summed E-state index contributed by atoms with van der Waals surface area (Å²) in [7, 11) is 3.41. The van der Waals surface area contributed by atoms with Crippen molar-refractivity contribution in [1.29, 1.82) is 0 Å². The van der Waals surface area contributed by atoms with E-state index in [4.69, 9.17) is 21.5 Å². The largest absolute Gasteiger partial charge is 0.497 e. The molecule has 3 aromatic rings. The van der Waals surface area contributed by atoms with Crippen molar-refractivity contribution in [1.82, 2.24) is 20.8 Å². The summed E-state index contributed by atoms with van der Waals surface area (Å²) in [6.07, 6.45) is 3.21. The number of likely N-dealkylation sites (N-methyl/N-ethyl adjacent to an activating group) is 1. The molecule has 0 aliphatic heterocycles. The molecule has 0 saturated carbocycles. The molecule has 9 nitrogen and oxygen atoms in total. The number of thiophene rings is 1. The fraction of sp³-hybridized carbons (Fsp3) is 0.217. The maximum absolute atomic E-state index is 10.6. The summed E-state index contributed by atoms with van der Waals surface area (Å²) in [6.45, 7) is 2.38. The van der Waals surface area contributed by atoms with Gasteiger partial charge in [0.1, 0.15) is 12.3 Å². The predicted octanol–water partition coefficient (Wildman–Crippen LogP) is 2.79. The van der Waals surface area contributed by atoms with Gasteiger partial charge in [-0.15, -0.1) is 24.0 Å². The lowest BCUT2D eigenvalue weighted by atomic mass is 10.2. The highest BCUT2D eigenvalue weighted by molar-refractivity contribution is 7.83. The van der Waals surface area contributed by atoms with Gasteiger partial charge in [-0.25, -0.2) is 11.3 Å². The number of amides is 1. The zero-order chi connectivity index (χ0) is 25.3. The van der Waals surface area contributed by atoms with Crippen molar-refractivity contribution in [2.24, 2.45) is 11.6 Å². The highest BCUT2D eigenvalue weighted by Crippen LogP contribution is 2.27. The molecule has 0 bridgehead atoms. The number of hydrogen-bond donors (Lipinski definition) is 6. The number of carbonyl (C=O) groups is 1. The molecular weight excluding hydrogens is 472 g/mol. The second kappa shape index (κ2) is 16.5. The van der Waals surface area contributed by atoms with Crippen molar-refractivity contribution < 1.29 is 14.7 Å². The van der Waals surface area contributed by atoms with Crippen molar-refractivity contribution >= 4 is 29.9 Å². The third-order valence-corrected chi connectivity index (χ3v) is 5.26. The first-order valence-electron chi connectivity index (χ1n) is 10.1. The first-order valence-corrected chi connectivity index (χ1v) is 11.4. The van der Waals surface area contributed by atoms with Crippen LogP contribution in [-0.4, -0.2) is 48.4 Å². The quantitative estimate of drug-likeness (QED) is 0.125. The van der Waals surface area contributed by atoms with E-state index in [0.717, 1.165) is 20.7 Å². The van der Waals surface area contributed by atoms with Crippen LogP contribution in [-0.2, 0) is 4.79 Å². The Labute approximate surface area is 209 Å². The maximum Gasteiger partial charge on any atom is 0.264 e. The molecule has 7 N–H and O–H groups in total. The van der Waals surface area contributed by atoms with Crippen molar-refractivity contribution in [2.45, 2.75) is 11.1 Å². The highest BCUT2D eigenvalue weighted by atomic mass is 32.2. The topological polar surface area (TPSA) is 139 Å². The summed E-state index contributed by atoms with van der Waals surface area (Å²) in [5, 5.41) is 12.1. The third kappa shape index (κ3) is 12.2. The summed E-state index contributed by atoms with van der Waals surface area (Å²) in [4.78, 5) is 16.0. The van der Waals surface area contributed by atoms with Crippen molar-refractivity contribution in [2.75, 3.05) is 27.2 Å². The summed E-state index contributed by atoms with van der Waals surface area (Å²) in [5.74, 6) is 5.67. The lowest BCUT2D eigenvalue weighted by Gasteiger charge is -2.13. The Balaban J connectivity index is 0.000000259. The minimum atomic E-state index is -0.601. The number of ether oxygens (including phenoxy) is 1. The Kier molecular flexibility index (Phi) is 14.1. The molecule has 0 unspecified atom stereocenters. The number of aryl methyl sites for hydroxylation is 1. The average Bonchev–Trinajstić information content (AvgIpc) is 3.27. The standard InChI is InChI=1S/C9H7NS2.C8H10O.C6H15N5O2/c11-9-5-4-8(12-9)7-3-1-2-6-10-7;1-7-3-5-8(9-2)6-4-7;1-9-2-5(7)3-11(8)4-6(12)10-13/h1-6,11H;3-6H,1-2H3;3,9,13H,2,4,7-8H2,1H3,(H,10,12)/b;;5-3-. The molecule has 0 aliphatic carbocycles. The molecule has 2 heterocycles. The van der Waals surface area contributed by atoms with Gasteiger partial charge < -0.3 is 20.8 Å². The van der Waals surface area contributed by atoms with E-state index in [1.54, 1.807) is 31.7 Å². The zero-order valence-corrected chi connectivity index (χ0v) is 21.1. The van der Waals surface area contributed by atoms with Gasteiger partial charge in [0.2, 0.25) is 0 Å². The van der Waals surface area contributed by atoms with Crippen LogP contribution in [0.5, 0.6) is 5.75 Å². The second-order valence-electron chi connectivity index (χ2n) is 6.81. The van der Waals surface area contributed by atoms with E-state index in [-0.39, 0.29) is 6.54 Å². The van der Waals surface area contributed by atoms with Gasteiger partial charge in [0.25, 0.3) is 5.91 Å². The molecule has 0 saturated heterocycles. The number of hydroxylamine groups is 1. The fourth-order valence-corrected chi connectivity index (χ4v) is 3.45. The van der Waals surface area contributed by atoms with Crippen LogP contribution >= 0.6 is 24.0 Å². The molecule has 11 heteroatoms. The summed E-state index contributed by atoms with van der Waals surface area (Å²) >= 11 is 5.89. The first kappa shape index (κ1) is 28.9. The third-order valence-electron chi connectivity index (χ3n) is 3.93. The number of aromatic nitrogens is 1. The Bertz CT molecular complexity index is 997. The van der Waals surface area contributed by atoms with Crippen LogP contribution in [0.2, 0.25) is 0 Å². The maximum atomic E-state index is 10.6. The number of nitrogens with one attached hydrogen (secondary N) is 2. The van der Waals surface area contributed by atoms with Crippen LogP contribution < -0.4 is 27.1 Å². The van der Waals surface area contributed by atoms with Crippen LogP contribution in [0.1, 0.15) is 5.56 Å². The van der Waals surface area contributed by atoms with E-state index in [1.165, 1.54) is 22.1 Å². The monoisotopic (exact) mass is 504 g/mol. The normalized spacial score (nSPS) is 10.2. The van der Waals surface area contributed by atoms with E-state index >= 15 is 0 Å². The summed E-state index contributed by atoms with van der Waals surface area (Å²) in [6, 6.07) is 17.9. The van der Waals surface area contributed by atoms with Gasteiger partial charge in [-0.1, -0.05) is 23.8 Å². The van der Waals surface area contributed by atoms with Crippen LogP contribution in [0, 0.1) is 6.92 Å². The number of benzene rings is 1. The van der Waals surface area contributed by atoms with Gasteiger partial charge in [0, 0.05) is 24.6 Å². The average molecular weight is 505 g/mol. The number of methoxy groups -OCH3 is 1. The lowest BCUT2D eigenvalue weighted by Crippen LogP contribution is -2.37. The van der Waals surface area contributed by atoms with Crippen molar-refractivity contribution in [3.8, 4) is 16.3 Å². The lowest BCUT2D eigenvalue weighted by molar-refractivity contribution is -0.129. The molecular formula is C23H32N6O3S2. The molecule has 0 fully saturated rings. The highest BCUT2D eigenvalue weighted by Gasteiger charge is 2.02. The zero-order valence-electron chi connectivity index (χ0n) is 19.4. The van der Waals surface area contributed by atoms with Gasteiger partial charge in [-0.05, 0) is 50.4 Å². The smallest absolute Gasteiger partial charge is 0.264 e. The van der Waals surface area contributed by atoms with E-state index in [1.807, 2.05) is 54.6 Å². The number of hydrogen-bond acceptors (Lipinski definition) is 10. The molecule has 1 aromatic carbocycles. The minimum absolute atomic E-state index is 0.152. The number of hydrazine groups is 1. The molecule has 2 aromatic heterocycles. The van der Waals surface area contributed by atoms with E-state index < -0.39 is 5.91 Å². The summed E-state index contributed by atoms with van der Waals surface area (Å²) in [5.41, 5.74) is 9.71. The SMILES string of the molecule is CNC/C(N)=C/N(N)CC(=O)NO.COc1ccc(C)cc1.Sc1ccc(-c2ccccn2)s1. The van der Waals surface area contributed by atoms with E-state index in [0.29, 0.717) is 12.2 Å². The molecule has 3 rings (SSSR count). The predicted molar refractivity (Wildman–Crippen MR) is 140 cm³/mol. The van der Waals surface area contributed by atoms with Gasteiger partial charge in [-0.3, -0.25) is 15.0 Å². The Morgan fingerprint density at radius 1 is 1.24 bits per heavy atom. The Morgan fingerprint density at radius 2 is 1.94 bits per heavy atom. The number of nitrogens with two attached hydrogens (primary N) is 2. The van der Waals surface area contributed by atoms with Crippen molar-refractivity contribution in [3.05, 3.63) is 78.3 Å². The van der Waals surface area contributed by atoms with E-state index in [9.17, 15) is 4.79 Å². The molecule has 34 heavy (non-hydrogen) atoms. The molecule has 1 amide bonds. The number of thiol groups is 1. The van der Waals surface area contributed by atoms with Crippen LogP contribution in [0.4, 0.5) is 0 Å². The summed E-state index contributed by atoms with van der Waals surface area (Å²) < 4.78 is 5.99.